The van der Waals surface area contributed by atoms with Crippen LogP contribution in [0.2, 0.25) is 0 Å². The monoisotopic (exact) mass is 505 g/mol. The van der Waals surface area contributed by atoms with Crippen molar-refractivity contribution in [3.05, 3.63) is 78.4 Å². The topological polar surface area (TPSA) is 56.6 Å². The predicted octanol–water partition coefficient (Wildman–Crippen LogP) is 5.68. The average molecular weight is 506 g/mol. The standard InChI is InChI=1S/C29H29F2N3O3/c1-18(30)37-24-6-4-5-19(11-24)25-15-34(23-9-7-22(31)8-10-23)26-12-20(14-32-29(25)26)28(35)13-21-16-36-17-27(21)33(2)3/h4-12,14-15,18,21,27H,13,16-17H2,1-3H3/t18?,21-,27-/m0/s1. The van der Waals surface area contributed by atoms with Crippen LogP contribution in [0.15, 0.2) is 67.0 Å². The summed E-state index contributed by atoms with van der Waals surface area (Å²) in [5.74, 6) is 0.167. The molecule has 0 bridgehead atoms. The number of carbonyl (C=O) groups is 1. The maximum atomic E-state index is 13.7. The van der Waals surface area contributed by atoms with Crippen molar-refractivity contribution >= 4 is 16.8 Å². The van der Waals surface area contributed by atoms with E-state index in [0.717, 1.165) is 16.8 Å². The van der Waals surface area contributed by atoms with Crippen molar-refractivity contribution in [1.29, 1.82) is 0 Å². The molecule has 3 heterocycles. The van der Waals surface area contributed by atoms with Crippen LogP contribution in [0.4, 0.5) is 8.78 Å². The number of pyridine rings is 1. The van der Waals surface area contributed by atoms with Gasteiger partial charge in [-0.15, -0.1) is 0 Å². The quantitative estimate of drug-likeness (QED) is 0.289. The molecule has 5 rings (SSSR count). The summed E-state index contributed by atoms with van der Waals surface area (Å²) < 4.78 is 39.9. The molecular weight excluding hydrogens is 476 g/mol. The largest absolute Gasteiger partial charge is 0.461 e. The van der Waals surface area contributed by atoms with Gasteiger partial charge in [-0.25, -0.2) is 8.78 Å². The number of halogens is 2. The Kier molecular flexibility index (Phi) is 7.04. The van der Waals surface area contributed by atoms with E-state index in [2.05, 4.69) is 9.88 Å². The van der Waals surface area contributed by atoms with Gasteiger partial charge in [-0.3, -0.25) is 9.78 Å². The van der Waals surface area contributed by atoms with Gasteiger partial charge in [-0.05, 0) is 62.1 Å². The highest BCUT2D eigenvalue weighted by Crippen LogP contribution is 2.34. The van der Waals surface area contributed by atoms with Gasteiger partial charge in [0.2, 0.25) is 6.36 Å². The molecule has 1 unspecified atom stereocenters. The highest BCUT2D eigenvalue weighted by atomic mass is 19.1. The Balaban J connectivity index is 1.57. The molecule has 0 radical (unpaired) electrons. The molecule has 0 aliphatic carbocycles. The van der Waals surface area contributed by atoms with Crippen molar-refractivity contribution in [2.24, 2.45) is 5.92 Å². The number of hydrogen-bond acceptors (Lipinski definition) is 5. The maximum Gasteiger partial charge on any atom is 0.235 e. The molecule has 0 N–H and O–H groups in total. The second-order valence-corrected chi connectivity index (χ2v) is 9.63. The number of ketones is 1. The molecular formula is C29H29F2N3O3. The number of ether oxygens (including phenoxy) is 2. The van der Waals surface area contributed by atoms with Crippen LogP contribution in [-0.4, -0.2) is 59.9 Å². The van der Waals surface area contributed by atoms with Crippen LogP contribution in [0, 0.1) is 11.7 Å². The number of hydrogen-bond donors (Lipinski definition) is 0. The average Bonchev–Trinajstić information content (AvgIpc) is 3.49. The summed E-state index contributed by atoms with van der Waals surface area (Å²) in [6, 6.07) is 15.3. The molecule has 2 aromatic heterocycles. The second kappa shape index (κ2) is 10.4. The zero-order valence-electron chi connectivity index (χ0n) is 21.0. The number of aromatic nitrogens is 2. The van der Waals surface area contributed by atoms with E-state index in [-0.39, 0.29) is 23.6 Å². The lowest BCUT2D eigenvalue weighted by Crippen LogP contribution is -2.35. The number of benzene rings is 2. The molecule has 0 saturated carbocycles. The molecule has 0 spiro atoms. The fourth-order valence-electron chi connectivity index (χ4n) is 4.92. The lowest BCUT2D eigenvalue weighted by Gasteiger charge is -2.23. The molecule has 1 saturated heterocycles. The van der Waals surface area contributed by atoms with Gasteiger partial charge in [0, 0.05) is 54.5 Å². The minimum atomic E-state index is -1.44. The Morgan fingerprint density at radius 1 is 1.19 bits per heavy atom. The summed E-state index contributed by atoms with van der Waals surface area (Å²) in [4.78, 5) is 20.1. The van der Waals surface area contributed by atoms with Crippen molar-refractivity contribution in [2.75, 3.05) is 27.3 Å². The number of carbonyl (C=O) groups excluding carboxylic acids is 1. The predicted molar refractivity (Wildman–Crippen MR) is 138 cm³/mol. The van der Waals surface area contributed by atoms with Gasteiger partial charge in [0.1, 0.15) is 11.6 Å². The van der Waals surface area contributed by atoms with E-state index in [0.29, 0.717) is 42.0 Å². The second-order valence-electron chi connectivity index (χ2n) is 9.63. The smallest absolute Gasteiger partial charge is 0.235 e. The van der Waals surface area contributed by atoms with Crippen LogP contribution in [-0.2, 0) is 4.74 Å². The third-order valence-electron chi connectivity index (χ3n) is 6.79. The maximum absolute atomic E-state index is 13.7. The number of alkyl halides is 1. The van der Waals surface area contributed by atoms with Crippen LogP contribution in [0.1, 0.15) is 23.7 Å². The van der Waals surface area contributed by atoms with E-state index in [1.807, 2.05) is 37.0 Å². The highest BCUT2D eigenvalue weighted by Gasteiger charge is 2.32. The number of Topliss-reactive ketones (excluding diaryl/α,β-unsaturated/α-hetero) is 1. The van der Waals surface area contributed by atoms with Crippen LogP contribution in [0.25, 0.3) is 27.8 Å². The molecule has 1 aliphatic rings. The van der Waals surface area contributed by atoms with Gasteiger partial charge in [-0.2, -0.15) is 0 Å². The normalized spacial score (nSPS) is 18.4. The molecule has 2 aromatic carbocycles. The van der Waals surface area contributed by atoms with Gasteiger partial charge in [0.25, 0.3) is 0 Å². The molecule has 8 heteroatoms. The zero-order valence-corrected chi connectivity index (χ0v) is 21.0. The molecule has 4 aromatic rings. The Hall–Kier alpha value is -3.62. The Labute approximate surface area is 214 Å². The Morgan fingerprint density at radius 2 is 1.97 bits per heavy atom. The van der Waals surface area contributed by atoms with Gasteiger partial charge in [0.05, 0.1) is 24.2 Å². The number of nitrogens with zero attached hydrogens (tertiary/aromatic N) is 3. The highest BCUT2D eigenvalue weighted by molar-refractivity contribution is 6.01. The van der Waals surface area contributed by atoms with Gasteiger partial charge in [0.15, 0.2) is 5.78 Å². The summed E-state index contributed by atoms with van der Waals surface area (Å²) >= 11 is 0. The van der Waals surface area contributed by atoms with Crippen molar-refractivity contribution in [3.8, 4) is 22.6 Å². The summed E-state index contributed by atoms with van der Waals surface area (Å²) in [6.45, 7) is 2.49. The van der Waals surface area contributed by atoms with Gasteiger partial charge in [-0.1, -0.05) is 12.1 Å². The number of rotatable bonds is 8. The molecule has 3 atom stereocenters. The van der Waals surface area contributed by atoms with Crippen LogP contribution in [0.3, 0.4) is 0 Å². The molecule has 37 heavy (non-hydrogen) atoms. The molecule has 192 valence electrons. The van der Waals surface area contributed by atoms with Gasteiger partial charge >= 0.3 is 0 Å². The zero-order chi connectivity index (χ0) is 26.1. The summed E-state index contributed by atoms with van der Waals surface area (Å²) in [6.07, 6.45) is 2.42. The van der Waals surface area contributed by atoms with Crippen molar-refractivity contribution in [1.82, 2.24) is 14.5 Å². The number of fused-ring (bicyclic) bond motifs is 1. The Morgan fingerprint density at radius 3 is 2.70 bits per heavy atom. The van der Waals surface area contributed by atoms with Crippen LogP contribution < -0.4 is 4.74 Å². The van der Waals surface area contributed by atoms with E-state index in [4.69, 9.17) is 9.47 Å². The molecule has 1 fully saturated rings. The van der Waals surface area contributed by atoms with E-state index in [1.54, 1.807) is 36.5 Å². The summed E-state index contributed by atoms with van der Waals surface area (Å²) in [5.41, 5.74) is 4.18. The first-order valence-electron chi connectivity index (χ1n) is 12.3. The Bertz CT molecular complexity index is 1420. The molecule has 1 aliphatic heterocycles. The van der Waals surface area contributed by atoms with Crippen LogP contribution >= 0.6 is 0 Å². The van der Waals surface area contributed by atoms with E-state index in [9.17, 15) is 13.6 Å². The SMILES string of the molecule is CC(F)Oc1cccc(-c2cn(-c3ccc(F)cc3)c3cc(C(=O)C[C@H]4COC[C@@H]4N(C)C)cnc23)c1. The third-order valence-corrected chi connectivity index (χ3v) is 6.79. The van der Waals surface area contributed by atoms with E-state index < -0.39 is 6.36 Å². The fourth-order valence-corrected chi connectivity index (χ4v) is 4.92. The van der Waals surface area contributed by atoms with Crippen LogP contribution in [0.5, 0.6) is 5.75 Å². The van der Waals surface area contributed by atoms with Gasteiger partial charge < -0.3 is 18.9 Å². The van der Waals surface area contributed by atoms with Crippen molar-refractivity contribution in [2.45, 2.75) is 25.7 Å². The van der Waals surface area contributed by atoms with Crippen molar-refractivity contribution < 1.29 is 23.0 Å². The minimum Gasteiger partial charge on any atom is -0.461 e. The lowest BCUT2D eigenvalue weighted by atomic mass is 9.94. The number of likely N-dealkylation sites (N-methyl/N-ethyl adjacent to an activating group) is 1. The first-order valence-corrected chi connectivity index (χ1v) is 12.3. The first-order chi connectivity index (χ1) is 17.8. The summed E-state index contributed by atoms with van der Waals surface area (Å²) in [5, 5.41) is 0. The first kappa shape index (κ1) is 25.0. The summed E-state index contributed by atoms with van der Waals surface area (Å²) in [7, 11) is 3.99. The molecule has 0 amide bonds. The third kappa shape index (κ3) is 5.26. The minimum absolute atomic E-state index is 0.00233. The van der Waals surface area contributed by atoms with E-state index >= 15 is 0 Å². The van der Waals surface area contributed by atoms with E-state index in [1.165, 1.54) is 19.1 Å². The lowest BCUT2D eigenvalue weighted by molar-refractivity contribution is 0.0861. The fraction of sp³-hybridized carbons (Fsp3) is 0.310. The molecule has 6 nitrogen and oxygen atoms in total. The van der Waals surface area contributed by atoms with Crippen molar-refractivity contribution in [3.63, 3.8) is 0 Å².